The number of hydrogen-bond acceptors (Lipinski definition) is 3. The van der Waals surface area contributed by atoms with E-state index in [1.165, 1.54) is 19.3 Å². The van der Waals surface area contributed by atoms with Gasteiger partial charge in [-0.05, 0) is 43.4 Å². The van der Waals surface area contributed by atoms with Crippen molar-refractivity contribution >= 4 is 11.6 Å². The molecule has 3 atom stereocenters. The average molecular weight is 290 g/mol. The SMILES string of the molecule is CC(OC1CCCCC1C)C(=O)Nc1cccc(CN)c1. The molecule has 4 heteroatoms. The molecule has 116 valence electrons. The molecule has 1 aromatic carbocycles. The number of nitrogens with one attached hydrogen (secondary N) is 1. The zero-order valence-electron chi connectivity index (χ0n) is 13.0. The fourth-order valence-corrected chi connectivity index (χ4v) is 2.83. The maximum absolute atomic E-state index is 12.2. The molecule has 0 aromatic heterocycles. The molecule has 0 saturated heterocycles. The molecule has 3 N–H and O–H groups in total. The van der Waals surface area contributed by atoms with Gasteiger partial charge in [-0.1, -0.05) is 31.9 Å². The zero-order valence-corrected chi connectivity index (χ0v) is 13.0. The minimum absolute atomic E-state index is 0.0954. The third-order valence-electron chi connectivity index (χ3n) is 4.21. The van der Waals surface area contributed by atoms with Crippen LogP contribution in [0.3, 0.4) is 0 Å². The number of benzene rings is 1. The molecule has 1 amide bonds. The van der Waals surface area contributed by atoms with Crippen molar-refractivity contribution in [1.82, 2.24) is 0 Å². The zero-order chi connectivity index (χ0) is 15.2. The first kappa shape index (κ1) is 16.0. The van der Waals surface area contributed by atoms with Gasteiger partial charge in [0.2, 0.25) is 0 Å². The summed E-state index contributed by atoms with van der Waals surface area (Å²) in [5.41, 5.74) is 7.39. The Kier molecular flexibility index (Phi) is 5.76. The van der Waals surface area contributed by atoms with Crippen molar-refractivity contribution in [1.29, 1.82) is 0 Å². The molecule has 3 unspecified atom stereocenters. The van der Waals surface area contributed by atoms with Gasteiger partial charge in [0, 0.05) is 12.2 Å². The van der Waals surface area contributed by atoms with E-state index < -0.39 is 6.10 Å². The van der Waals surface area contributed by atoms with Gasteiger partial charge < -0.3 is 15.8 Å². The second kappa shape index (κ2) is 7.57. The fourth-order valence-electron chi connectivity index (χ4n) is 2.83. The molecule has 0 heterocycles. The van der Waals surface area contributed by atoms with E-state index >= 15 is 0 Å². The summed E-state index contributed by atoms with van der Waals surface area (Å²) in [6.45, 7) is 4.50. The van der Waals surface area contributed by atoms with E-state index in [-0.39, 0.29) is 12.0 Å². The van der Waals surface area contributed by atoms with Crippen molar-refractivity contribution in [3.63, 3.8) is 0 Å². The Bertz CT molecular complexity index is 476. The van der Waals surface area contributed by atoms with Crippen LogP contribution in [0.2, 0.25) is 0 Å². The lowest BCUT2D eigenvalue weighted by atomic mass is 9.88. The molecule has 2 rings (SSSR count). The molecule has 21 heavy (non-hydrogen) atoms. The van der Waals surface area contributed by atoms with E-state index in [0.29, 0.717) is 12.5 Å². The van der Waals surface area contributed by atoms with Crippen LogP contribution in [0.5, 0.6) is 0 Å². The van der Waals surface area contributed by atoms with Crippen molar-refractivity contribution in [3.8, 4) is 0 Å². The van der Waals surface area contributed by atoms with Crippen LogP contribution in [-0.4, -0.2) is 18.1 Å². The van der Waals surface area contributed by atoms with Crippen molar-refractivity contribution in [2.75, 3.05) is 5.32 Å². The predicted octanol–water partition coefficient (Wildman–Crippen LogP) is 3.07. The topological polar surface area (TPSA) is 64.3 Å². The Morgan fingerprint density at radius 3 is 2.90 bits per heavy atom. The highest BCUT2D eigenvalue weighted by Crippen LogP contribution is 2.27. The molecule has 1 fully saturated rings. The van der Waals surface area contributed by atoms with E-state index in [1.54, 1.807) is 0 Å². The first-order valence-electron chi connectivity index (χ1n) is 7.85. The Labute approximate surface area is 127 Å². The van der Waals surface area contributed by atoms with Crippen molar-refractivity contribution < 1.29 is 9.53 Å². The number of hydrogen-bond donors (Lipinski definition) is 2. The first-order valence-corrected chi connectivity index (χ1v) is 7.85. The maximum Gasteiger partial charge on any atom is 0.253 e. The number of rotatable bonds is 5. The lowest BCUT2D eigenvalue weighted by molar-refractivity contribution is -0.133. The summed E-state index contributed by atoms with van der Waals surface area (Å²) >= 11 is 0. The highest BCUT2D eigenvalue weighted by atomic mass is 16.5. The third kappa shape index (κ3) is 4.55. The summed E-state index contributed by atoms with van der Waals surface area (Å²) in [6, 6.07) is 7.60. The summed E-state index contributed by atoms with van der Waals surface area (Å²) in [7, 11) is 0. The van der Waals surface area contributed by atoms with Gasteiger partial charge in [-0.25, -0.2) is 0 Å². The minimum atomic E-state index is -0.433. The minimum Gasteiger partial charge on any atom is -0.365 e. The van der Waals surface area contributed by atoms with Gasteiger partial charge in [0.25, 0.3) is 5.91 Å². The number of amides is 1. The monoisotopic (exact) mass is 290 g/mol. The van der Waals surface area contributed by atoms with E-state index in [2.05, 4.69) is 12.2 Å². The quantitative estimate of drug-likeness (QED) is 0.876. The summed E-state index contributed by atoms with van der Waals surface area (Å²) in [5.74, 6) is 0.441. The van der Waals surface area contributed by atoms with E-state index in [4.69, 9.17) is 10.5 Å². The second-order valence-electron chi connectivity index (χ2n) is 5.97. The summed E-state index contributed by atoms with van der Waals surface area (Å²) in [5, 5.41) is 2.90. The fraction of sp³-hybridized carbons (Fsp3) is 0.588. The Morgan fingerprint density at radius 1 is 1.43 bits per heavy atom. The Morgan fingerprint density at radius 2 is 2.19 bits per heavy atom. The Balaban J connectivity index is 1.89. The van der Waals surface area contributed by atoms with E-state index in [1.807, 2.05) is 31.2 Å². The maximum atomic E-state index is 12.2. The lowest BCUT2D eigenvalue weighted by Gasteiger charge is -2.30. The van der Waals surface area contributed by atoms with Crippen LogP contribution in [0.1, 0.15) is 45.1 Å². The van der Waals surface area contributed by atoms with Crippen LogP contribution in [-0.2, 0) is 16.1 Å². The molecule has 1 aliphatic rings. The molecule has 0 bridgehead atoms. The molecular weight excluding hydrogens is 264 g/mol. The van der Waals surface area contributed by atoms with Gasteiger partial charge in [0.15, 0.2) is 0 Å². The van der Waals surface area contributed by atoms with Gasteiger partial charge in [-0.15, -0.1) is 0 Å². The molecule has 0 aliphatic heterocycles. The van der Waals surface area contributed by atoms with E-state index in [0.717, 1.165) is 17.7 Å². The lowest BCUT2D eigenvalue weighted by Crippen LogP contribution is -2.35. The molecule has 1 aliphatic carbocycles. The number of nitrogens with two attached hydrogens (primary N) is 1. The van der Waals surface area contributed by atoms with Crippen molar-refractivity contribution in [3.05, 3.63) is 29.8 Å². The van der Waals surface area contributed by atoms with Crippen LogP contribution < -0.4 is 11.1 Å². The predicted molar refractivity (Wildman–Crippen MR) is 84.9 cm³/mol. The molecule has 1 saturated carbocycles. The highest BCUT2D eigenvalue weighted by molar-refractivity contribution is 5.93. The smallest absolute Gasteiger partial charge is 0.253 e. The van der Waals surface area contributed by atoms with Crippen LogP contribution >= 0.6 is 0 Å². The molecule has 1 aromatic rings. The van der Waals surface area contributed by atoms with Crippen LogP contribution in [0, 0.1) is 5.92 Å². The average Bonchev–Trinajstić information content (AvgIpc) is 2.49. The van der Waals surface area contributed by atoms with Crippen LogP contribution in [0.25, 0.3) is 0 Å². The molecule has 0 radical (unpaired) electrons. The standard InChI is InChI=1S/C17H26N2O2/c1-12-6-3-4-9-16(12)21-13(2)17(20)19-15-8-5-7-14(10-15)11-18/h5,7-8,10,12-13,16H,3-4,6,9,11,18H2,1-2H3,(H,19,20). The molecular formula is C17H26N2O2. The Hall–Kier alpha value is -1.39. The number of carbonyl (C=O) groups is 1. The second-order valence-corrected chi connectivity index (χ2v) is 5.97. The third-order valence-corrected chi connectivity index (χ3v) is 4.21. The summed E-state index contributed by atoms with van der Waals surface area (Å²) < 4.78 is 5.96. The van der Waals surface area contributed by atoms with Gasteiger partial charge in [0.05, 0.1) is 6.10 Å². The highest BCUT2D eigenvalue weighted by Gasteiger charge is 2.26. The van der Waals surface area contributed by atoms with Gasteiger partial charge in [-0.3, -0.25) is 4.79 Å². The molecule has 0 spiro atoms. The molecule has 4 nitrogen and oxygen atoms in total. The summed E-state index contributed by atoms with van der Waals surface area (Å²) in [4.78, 5) is 12.2. The van der Waals surface area contributed by atoms with Gasteiger partial charge in [-0.2, -0.15) is 0 Å². The number of carbonyl (C=O) groups excluding carboxylic acids is 1. The number of anilines is 1. The normalized spacial score (nSPS) is 23.6. The van der Waals surface area contributed by atoms with Crippen molar-refractivity contribution in [2.24, 2.45) is 11.7 Å². The van der Waals surface area contributed by atoms with Gasteiger partial charge >= 0.3 is 0 Å². The largest absolute Gasteiger partial charge is 0.365 e. The first-order chi connectivity index (χ1) is 10.1. The van der Waals surface area contributed by atoms with Crippen LogP contribution in [0.4, 0.5) is 5.69 Å². The number of ether oxygens (including phenoxy) is 1. The summed E-state index contributed by atoms with van der Waals surface area (Å²) in [6.07, 6.45) is 4.49. The van der Waals surface area contributed by atoms with Gasteiger partial charge in [0.1, 0.15) is 6.10 Å². The van der Waals surface area contributed by atoms with E-state index in [9.17, 15) is 4.79 Å². The van der Waals surface area contributed by atoms with Crippen LogP contribution in [0.15, 0.2) is 24.3 Å². The van der Waals surface area contributed by atoms with Crippen molar-refractivity contribution in [2.45, 2.75) is 58.3 Å².